The van der Waals surface area contributed by atoms with Crippen molar-refractivity contribution in [1.82, 2.24) is 9.80 Å². The molecule has 3 rings (SSSR count). The van der Waals surface area contributed by atoms with Crippen LogP contribution in [0.4, 0.5) is 0 Å². The molecule has 0 N–H and O–H groups in total. The lowest BCUT2D eigenvalue weighted by atomic mass is 9.88. The van der Waals surface area contributed by atoms with Gasteiger partial charge in [-0.1, -0.05) is 0 Å². The Kier molecular flexibility index (Phi) is 3.35. The molecule has 1 spiro atoms. The molecule has 0 bridgehead atoms. The van der Waals surface area contributed by atoms with Gasteiger partial charge >= 0.3 is 0 Å². The van der Waals surface area contributed by atoms with Crippen molar-refractivity contribution < 1.29 is 4.79 Å². The molecule has 1 amide bonds. The Balaban J connectivity index is 1.64. The van der Waals surface area contributed by atoms with Gasteiger partial charge in [0.1, 0.15) is 0 Å². The van der Waals surface area contributed by atoms with Gasteiger partial charge in [0.2, 0.25) is 5.91 Å². The van der Waals surface area contributed by atoms with Crippen molar-refractivity contribution >= 4 is 5.91 Å². The van der Waals surface area contributed by atoms with Crippen molar-refractivity contribution in [2.45, 2.75) is 57.4 Å². The van der Waals surface area contributed by atoms with E-state index in [2.05, 4.69) is 16.7 Å². The molecule has 1 aliphatic carbocycles. The molecule has 102 valence electrons. The Morgan fingerprint density at radius 2 is 2.06 bits per heavy atom. The number of nitrogens with zero attached hydrogens (tertiary/aromatic N) is 2. The fourth-order valence-corrected chi connectivity index (χ4v) is 3.99. The van der Waals surface area contributed by atoms with Crippen LogP contribution in [-0.4, -0.2) is 47.4 Å². The zero-order valence-corrected chi connectivity index (χ0v) is 11.7. The van der Waals surface area contributed by atoms with E-state index in [1.54, 1.807) is 0 Å². The molecule has 2 heterocycles. The first kappa shape index (κ1) is 12.5. The van der Waals surface area contributed by atoms with E-state index in [9.17, 15) is 4.79 Å². The van der Waals surface area contributed by atoms with Crippen molar-refractivity contribution in [2.75, 3.05) is 26.2 Å². The standard InChI is InChI=1S/C15H26N2O/c1-2-17-14(18)6-8-15(17)7-3-10-16(11-9-15)12-13-4-5-13/h13H,2-12H2,1H3/t15-/m0/s1. The molecule has 18 heavy (non-hydrogen) atoms. The van der Waals surface area contributed by atoms with E-state index in [-0.39, 0.29) is 5.54 Å². The molecule has 0 aromatic heterocycles. The fourth-order valence-electron chi connectivity index (χ4n) is 3.99. The van der Waals surface area contributed by atoms with Crippen LogP contribution in [0, 0.1) is 5.92 Å². The number of hydrogen-bond acceptors (Lipinski definition) is 2. The highest BCUT2D eigenvalue weighted by molar-refractivity contribution is 5.79. The summed E-state index contributed by atoms with van der Waals surface area (Å²) in [6, 6.07) is 0. The monoisotopic (exact) mass is 250 g/mol. The van der Waals surface area contributed by atoms with E-state index >= 15 is 0 Å². The maximum atomic E-state index is 12.0. The second kappa shape index (κ2) is 4.84. The number of hydrogen-bond donors (Lipinski definition) is 0. The summed E-state index contributed by atoms with van der Waals surface area (Å²) in [5, 5.41) is 0. The quantitative estimate of drug-likeness (QED) is 0.767. The van der Waals surface area contributed by atoms with E-state index in [4.69, 9.17) is 0 Å². The number of carbonyl (C=O) groups excluding carboxylic acids is 1. The van der Waals surface area contributed by atoms with E-state index in [1.807, 2.05) is 0 Å². The van der Waals surface area contributed by atoms with Crippen molar-refractivity contribution in [2.24, 2.45) is 5.92 Å². The smallest absolute Gasteiger partial charge is 0.223 e. The molecule has 3 fully saturated rings. The summed E-state index contributed by atoms with van der Waals surface area (Å²) in [7, 11) is 0. The minimum absolute atomic E-state index is 0.226. The average molecular weight is 250 g/mol. The first-order chi connectivity index (χ1) is 8.73. The van der Waals surface area contributed by atoms with E-state index in [1.165, 1.54) is 51.7 Å². The second-order valence-electron chi connectivity index (χ2n) is 6.46. The van der Waals surface area contributed by atoms with Crippen LogP contribution in [0.3, 0.4) is 0 Å². The summed E-state index contributed by atoms with van der Waals surface area (Å²) >= 11 is 0. The van der Waals surface area contributed by atoms with Crippen molar-refractivity contribution in [3.05, 3.63) is 0 Å². The van der Waals surface area contributed by atoms with Gasteiger partial charge < -0.3 is 9.80 Å². The van der Waals surface area contributed by atoms with Crippen LogP contribution < -0.4 is 0 Å². The van der Waals surface area contributed by atoms with Gasteiger partial charge in [0, 0.05) is 31.6 Å². The number of carbonyl (C=O) groups is 1. The Morgan fingerprint density at radius 1 is 1.22 bits per heavy atom. The first-order valence-electron chi connectivity index (χ1n) is 7.76. The van der Waals surface area contributed by atoms with Gasteiger partial charge in [-0.25, -0.2) is 0 Å². The molecule has 3 aliphatic rings. The van der Waals surface area contributed by atoms with E-state index in [0.717, 1.165) is 25.3 Å². The minimum atomic E-state index is 0.226. The molecule has 2 saturated heterocycles. The summed E-state index contributed by atoms with van der Waals surface area (Å²) in [5.41, 5.74) is 0.226. The Morgan fingerprint density at radius 3 is 2.78 bits per heavy atom. The maximum absolute atomic E-state index is 12.0. The predicted molar refractivity (Wildman–Crippen MR) is 72.4 cm³/mol. The van der Waals surface area contributed by atoms with Crippen LogP contribution >= 0.6 is 0 Å². The van der Waals surface area contributed by atoms with Crippen LogP contribution in [-0.2, 0) is 4.79 Å². The molecule has 0 radical (unpaired) electrons. The average Bonchev–Trinajstić information content (AvgIpc) is 3.13. The lowest BCUT2D eigenvalue weighted by Gasteiger charge is -2.37. The molecular formula is C15H26N2O. The van der Waals surface area contributed by atoms with Crippen molar-refractivity contribution in [3.63, 3.8) is 0 Å². The second-order valence-corrected chi connectivity index (χ2v) is 6.46. The summed E-state index contributed by atoms with van der Waals surface area (Å²) in [5.74, 6) is 1.39. The van der Waals surface area contributed by atoms with Crippen LogP contribution in [0.25, 0.3) is 0 Å². The van der Waals surface area contributed by atoms with Crippen LogP contribution in [0.1, 0.15) is 51.9 Å². The molecule has 3 nitrogen and oxygen atoms in total. The Hall–Kier alpha value is -0.570. The lowest BCUT2D eigenvalue weighted by molar-refractivity contribution is -0.131. The van der Waals surface area contributed by atoms with Gasteiger partial charge in [0.25, 0.3) is 0 Å². The molecule has 1 atom stereocenters. The largest absolute Gasteiger partial charge is 0.337 e. The molecular weight excluding hydrogens is 224 g/mol. The molecule has 1 saturated carbocycles. The van der Waals surface area contributed by atoms with E-state index < -0.39 is 0 Å². The normalized spacial score (nSPS) is 34.3. The van der Waals surface area contributed by atoms with Gasteiger partial charge in [-0.15, -0.1) is 0 Å². The van der Waals surface area contributed by atoms with Crippen molar-refractivity contribution in [1.29, 1.82) is 0 Å². The molecule has 0 aromatic carbocycles. The third-order valence-corrected chi connectivity index (χ3v) is 5.22. The zero-order valence-electron chi connectivity index (χ0n) is 11.7. The highest BCUT2D eigenvalue weighted by Crippen LogP contribution is 2.39. The number of amides is 1. The molecule has 2 aliphatic heterocycles. The van der Waals surface area contributed by atoms with Gasteiger partial charge in [-0.2, -0.15) is 0 Å². The predicted octanol–water partition coefficient (Wildman–Crippen LogP) is 2.26. The SMILES string of the molecule is CCN1C(=O)CC[C@]12CCCN(CC1CC1)CC2. The Labute approximate surface area is 111 Å². The summed E-state index contributed by atoms with van der Waals surface area (Å²) in [4.78, 5) is 16.8. The van der Waals surface area contributed by atoms with Crippen LogP contribution in [0.15, 0.2) is 0 Å². The molecule has 0 unspecified atom stereocenters. The van der Waals surface area contributed by atoms with Crippen LogP contribution in [0.2, 0.25) is 0 Å². The summed E-state index contributed by atoms with van der Waals surface area (Å²) in [6.07, 6.45) is 8.50. The van der Waals surface area contributed by atoms with Crippen LogP contribution in [0.5, 0.6) is 0 Å². The van der Waals surface area contributed by atoms with Gasteiger partial charge in [-0.05, 0) is 57.9 Å². The highest BCUT2D eigenvalue weighted by atomic mass is 16.2. The van der Waals surface area contributed by atoms with E-state index in [0.29, 0.717) is 5.91 Å². The van der Waals surface area contributed by atoms with Gasteiger partial charge in [0.05, 0.1) is 0 Å². The number of rotatable bonds is 3. The fraction of sp³-hybridized carbons (Fsp3) is 0.933. The maximum Gasteiger partial charge on any atom is 0.223 e. The van der Waals surface area contributed by atoms with Gasteiger partial charge in [0.15, 0.2) is 0 Å². The molecule has 0 aromatic rings. The first-order valence-corrected chi connectivity index (χ1v) is 7.76. The minimum Gasteiger partial charge on any atom is -0.337 e. The highest BCUT2D eigenvalue weighted by Gasteiger charge is 2.44. The van der Waals surface area contributed by atoms with Gasteiger partial charge in [-0.3, -0.25) is 4.79 Å². The van der Waals surface area contributed by atoms with Crippen molar-refractivity contribution in [3.8, 4) is 0 Å². The lowest BCUT2D eigenvalue weighted by Crippen LogP contribution is -2.46. The molecule has 3 heteroatoms. The topological polar surface area (TPSA) is 23.6 Å². The third kappa shape index (κ3) is 2.29. The summed E-state index contributed by atoms with van der Waals surface area (Å²) in [6.45, 7) is 6.82. The third-order valence-electron chi connectivity index (χ3n) is 5.22. The number of likely N-dealkylation sites (tertiary alicyclic amines) is 2. The Bertz CT molecular complexity index is 326. The zero-order chi connectivity index (χ0) is 12.6. The summed E-state index contributed by atoms with van der Waals surface area (Å²) < 4.78 is 0.